The van der Waals surface area contributed by atoms with Crippen molar-refractivity contribution in [1.82, 2.24) is 4.90 Å². The summed E-state index contributed by atoms with van der Waals surface area (Å²) < 4.78 is 0. The van der Waals surface area contributed by atoms with Crippen molar-refractivity contribution in [3.63, 3.8) is 0 Å². The maximum Gasteiger partial charge on any atom is 0.107 e. The molecule has 4 heteroatoms. The van der Waals surface area contributed by atoms with E-state index in [9.17, 15) is 5.11 Å². The van der Waals surface area contributed by atoms with Crippen molar-refractivity contribution in [3.8, 4) is 0 Å². The molecule has 1 aliphatic rings. The SMILES string of the molecule is CC/C=C\C(C)N=C(SC)[C@@H]1CCN(C)C(O)C1. The molecule has 0 radical (unpaired) electrons. The van der Waals surface area contributed by atoms with Crippen LogP contribution < -0.4 is 0 Å². The van der Waals surface area contributed by atoms with Crippen LogP contribution in [0.25, 0.3) is 0 Å². The highest BCUT2D eigenvalue weighted by molar-refractivity contribution is 8.13. The zero-order valence-corrected chi connectivity index (χ0v) is 12.8. The van der Waals surface area contributed by atoms with E-state index in [0.717, 1.165) is 25.8 Å². The second-order valence-electron chi connectivity index (χ2n) is 4.93. The first-order valence-electron chi connectivity index (χ1n) is 6.75. The number of likely N-dealkylation sites (tertiary alicyclic amines) is 1. The van der Waals surface area contributed by atoms with E-state index >= 15 is 0 Å². The molecule has 0 aromatic carbocycles. The maximum atomic E-state index is 9.92. The summed E-state index contributed by atoms with van der Waals surface area (Å²) in [5.41, 5.74) is 0. The first kappa shape index (κ1) is 15.7. The normalized spacial score (nSPS) is 28.8. The van der Waals surface area contributed by atoms with Crippen molar-refractivity contribution in [3.05, 3.63) is 12.2 Å². The first-order valence-corrected chi connectivity index (χ1v) is 7.97. The number of allylic oxidation sites excluding steroid dienone is 1. The van der Waals surface area contributed by atoms with Crippen LogP contribution in [0, 0.1) is 5.92 Å². The predicted octanol–water partition coefficient (Wildman–Crippen LogP) is 2.76. The molecule has 1 N–H and O–H groups in total. The summed E-state index contributed by atoms with van der Waals surface area (Å²) in [7, 11) is 1.98. The summed E-state index contributed by atoms with van der Waals surface area (Å²) >= 11 is 1.73. The highest BCUT2D eigenvalue weighted by Crippen LogP contribution is 2.26. The molecule has 18 heavy (non-hydrogen) atoms. The molecule has 0 aromatic heterocycles. The average Bonchev–Trinajstić information content (AvgIpc) is 2.37. The van der Waals surface area contributed by atoms with E-state index in [4.69, 9.17) is 4.99 Å². The fourth-order valence-electron chi connectivity index (χ4n) is 2.19. The van der Waals surface area contributed by atoms with Crippen LogP contribution in [-0.4, -0.2) is 47.2 Å². The van der Waals surface area contributed by atoms with E-state index < -0.39 is 0 Å². The lowest BCUT2D eigenvalue weighted by molar-refractivity contribution is -0.0150. The summed E-state index contributed by atoms with van der Waals surface area (Å²) in [6.07, 6.45) is 9.04. The minimum Gasteiger partial charge on any atom is -0.378 e. The van der Waals surface area contributed by atoms with Gasteiger partial charge in [0.1, 0.15) is 6.23 Å². The van der Waals surface area contributed by atoms with Gasteiger partial charge in [-0.25, -0.2) is 0 Å². The van der Waals surface area contributed by atoms with Crippen molar-refractivity contribution >= 4 is 16.8 Å². The Labute approximate surface area is 115 Å². The Hall–Kier alpha value is -0.320. The molecule has 104 valence electrons. The number of nitrogens with zero attached hydrogens (tertiary/aromatic N) is 2. The quantitative estimate of drug-likeness (QED) is 0.485. The molecule has 0 spiro atoms. The lowest BCUT2D eigenvalue weighted by Gasteiger charge is -2.34. The molecular weight excluding hydrogens is 244 g/mol. The Bertz CT molecular complexity index is 304. The number of rotatable bonds is 4. The van der Waals surface area contributed by atoms with Crippen molar-refractivity contribution in [2.45, 2.75) is 45.4 Å². The Morgan fingerprint density at radius 2 is 2.33 bits per heavy atom. The van der Waals surface area contributed by atoms with Gasteiger partial charge in [-0.3, -0.25) is 9.89 Å². The molecule has 0 aliphatic carbocycles. The Morgan fingerprint density at radius 3 is 2.89 bits per heavy atom. The van der Waals surface area contributed by atoms with E-state index in [1.807, 2.05) is 11.9 Å². The number of aliphatic hydroxyl groups excluding tert-OH is 1. The van der Waals surface area contributed by atoms with Gasteiger partial charge in [-0.05, 0) is 39.5 Å². The van der Waals surface area contributed by atoms with Crippen molar-refractivity contribution in [2.24, 2.45) is 10.9 Å². The molecule has 1 heterocycles. The molecule has 1 aliphatic heterocycles. The molecule has 3 nitrogen and oxygen atoms in total. The fourth-order valence-corrected chi connectivity index (χ4v) is 3.01. The smallest absolute Gasteiger partial charge is 0.107 e. The van der Waals surface area contributed by atoms with E-state index in [1.165, 1.54) is 5.04 Å². The van der Waals surface area contributed by atoms with Gasteiger partial charge in [0.15, 0.2) is 0 Å². The zero-order valence-electron chi connectivity index (χ0n) is 12.0. The third-order valence-electron chi connectivity index (χ3n) is 3.37. The van der Waals surface area contributed by atoms with Crippen LogP contribution in [0.5, 0.6) is 0 Å². The fraction of sp³-hybridized carbons (Fsp3) is 0.786. The van der Waals surface area contributed by atoms with Crippen LogP contribution in [0.1, 0.15) is 33.1 Å². The first-order chi connectivity index (χ1) is 8.58. The van der Waals surface area contributed by atoms with Crippen molar-refractivity contribution < 1.29 is 5.11 Å². The van der Waals surface area contributed by atoms with Crippen molar-refractivity contribution in [2.75, 3.05) is 19.8 Å². The third kappa shape index (κ3) is 4.75. The van der Waals surface area contributed by atoms with Crippen molar-refractivity contribution in [1.29, 1.82) is 0 Å². The summed E-state index contributed by atoms with van der Waals surface area (Å²) in [4.78, 5) is 6.79. The Morgan fingerprint density at radius 1 is 1.61 bits per heavy atom. The number of hydrogen-bond donors (Lipinski definition) is 1. The van der Waals surface area contributed by atoms with E-state index in [2.05, 4.69) is 32.3 Å². The zero-order chi connectivity index (χ0) is 13.5. The molecule has 1 saturated heterocycles. The van der Waals surface area contributed by atoms with E-state index in [1.54, 1.807) is 11.8 Å². The van der Waals surface area contributed by atoms with Gasteiger partial charge in [-0.15, -0.1) is 11.8 Å². The van der Waals surface area contributed by atoms with Gasteiger partial charge in [0.2, 0.25) is 0 Å². The van der Waals surface area contributed by atoms with Crippen LogP contribution in [0.4, 0.5) is 0 Å². The number of hydrogen-bond acceptors (Lipinski definition) is 4. The van der Waals surface area contributed by atoms with E-state index in [-0.39, 0.29) is 12.3 Å². The van der Waals surface area contributed by atoms with Gasteiger partial charge in [0.25, 0.3) is 0 Å². The molecule has 1 rings (SSSR count). The number of aliphatic imine (C=N–C) groups is 1. The molecule has 0 aromatic rings. The Kier molecular flexibility index (Phi) is 6.97. The van der Waals surface area contributed by atoms with Crippen LogP contribution >= 0.6 is 11.8 Å². The largest absolute Gasteiger partial charge is 0.378 e. The molecule has 0 saturated carbocycles. The number of aliphatic hydroxyl groups is 1. The Balaban J connectivity index is 2.65. The average molecular weight is 270 g/mol. The van der Waals surface area contributed by atoms with Crippen LogP contribution in [-0.2, 0) is 0 Å². The summed E-state index contributed by atoms with van der Waals surface area (Å²) in [5.74, 6) is 0.420. The summed E-state index contributed by atoms with van der Waals surface area (Å²) in [6, 6.07) is 0.240. The van der Waals surface area contributed by atoms with Gasteiger partial charge in [0, 0.05) is 12.5 Å². The van der Waals surface area contributed by atoms with Gasteiger partial charge in [-0.2, -0.15) is 0 Å². The highest BCUT2D eigenvalue weighted by atomic mass is 32.2. The second-order valence-corrected chi connectivity index (χ2v) is 5.76. The maximum absolute atomic E-state index is 9.92. The van der Waals surface area contributed by atoms with Gasteiger partial charge < -0.3 is 5.11 Å². The highest BCUT2D eigenvalue weighted by Gasteiger charge is 2.27. The van der Waals surface area contributed by atoms with Crippen LogP contribution in [0.15, 0.2) is 17.1 Å². The number of piperidine rings is 1. The third-order valence-corrected chi connectivity index (χ3v) is 4.23. The lowest BCUT2D eigenvalue weighted by Crippen LogP contribution is -2.41. The van der Waals surface area contributed by atoms with Crippen LogP contribution in [0.2, 0.25) is 0 Å². The minimum absolute atomic E-state index is 0.240. The van der Waals surface area contributed by atoms with Gasteiger partial charge in [0.05, 0.1) is 11.1 Å². The standard InChI is InChI=1S/C14H26N2OS/c1-5-6-7-11(2)15-14(18-4)12-8-9-16(3)13(17)10-12/h6-7,11-13,17H,5,8-10H2,1-4H3/b7-6-,15-14?/t11?,12-,13?/m1/s1. The molecule has 0 amide bonds. The predicted molar refractivity (Wildman–Crippen MR) is 81.2 cm³/mol. The van der Waals surface area contributed by atoms with Gasteiger partial charge >= 0.3 is 0 Å². The molecule has 3 atom stereocenters. The molecule has 2 unspecified atom stereocenters. The lowest BCUT2D eigenvalue weighted by atomic mass is 9.96. The molecule has 0 bridgehead atoms. The minimum atomic E-state index is -0.317. The van der Waals surface area contributed by atoms with Gasteiger partial charge in [-0.1, -0.05) is 19.1 Å². The topological polar surface area (TPSA) is 35.8 Å². The number of thioether (sulfide) groups is 1. The molecule has 1 fully saturated rings. The van der Waals surface area contributed by atoms with E-state index in [0.29, 0.717) is 5.92 Å². The summed E-state index contributed by atoms with van der Waals surface area (Å²) in [6.45, 7) is 5.20. The molecular formula is C14H26N2OS. The second kappa shape index (κ2) is 7.97. The monoisotopic (exact) mass is 270 g/mol. The summed E-state index contributed by atoms with van der Waals surface area (Å²) in [5, 5.41) is 11.1. The van der Waals surface area contributed by atoms with Crippen LogP contribution in [0.3, 0.4) is 0 Å².